The van der Waals surface area contributed by atoms with Crippen molar-refractivity contribution in [2.75, 3.05) is 0 Å². The van der Waals surface area contributed by atoms with E-state index in [9.17, 15) is 0 Å². The smallest absolute Gasteiger partial charge is 0.208 e. The first-order chi connectivity index (χ1) is 8.33. The molecule has 3 aromatic rings. The van der Waals surface area contributed by atoms with Gasteiger partial charge in [0.25, 0.3) is 0 Å². The van der Waals surface area contributed by atoms with Crippen LogP contribution in [-0.4, -0.2) is 9.36 Å². The van der Waals surface area contributed by atoms with Crippen molar-refractivity contribution in [1.29, 1.82) is 0 Å². The van der Waals surface area contributed by atoms with E-state index in [1.165, 1.54) is 11.5 Å². The number of benzene rings is 1. The number of nitrogens with zero attached hydrogens (tertiary/aromatic N) is 2. The highest BCUT2D eigenvalue weighted by molar-refractivity contribution is 9.10. The van der Waals surface area contributed by atoms with Gasteiger partial charge in [0.1, 0.15) is 5.75 Å². The fraction of sp³-hybridized carbons (Fsp3) is 0. The molecule has 0 saturated heterocycles. The molecule has 0 saturated carbocycles. The Labute approximate surface area is 110 Å². The van der Waals surface area contributed by atoms with Gasteiger partial charge < -0.3 is 4.74 Å². The van der Waals surface area contributed by atoms with Crippen LogP contribution in [0, 0.1) is 0 Å². The van der Waals surface area contributed by atoms with Crippen LogP contribution in [0.1, 0.15) is 0 Å². The second kappa shape index (κ2) is 4.43. The van der Waals surface area contributed by atoms with Gasteiger partial charge in [-0.1, -0.05) is 12.1 Å². The highest BCUT2D eigenvalue weighted by Gasteiger charge is 2.07. The van der Waals surface area contributed by atoms with Crippen LogP contribution in [0.4, 0.5) is 0 Å². The van der Waals surface area contributed by atoms with E-state index in [0.717, 1.165) is 20.4 Å². The van der Waals surface area contributed by atoms with Crippen LogP contribution in [0.2, 0.25) is 0 Å². The maximum atomic E-state index is 5.78. The molecule has 0 aliphatic carbocycles. The van der Waals surface area contributed by atoms with Gasteiger partial charge in [0.15, 0.2) is 0 Å². The molecule has 0 atom stereocenters. The van der Waals surface area contributed by atoms with E-state index in [4.69, 9.17) is 4.74 Å². The Balaban J connectivity index is 2.00. The molecule has 17 heavy (non-hydrogen) atoms. The van der Waals surface area contributed by atoms with Crippen LogP contribution >= 0.6 is 27.5 Å². The number of aromatic nitrogens is 2. The van der Waals surface area contributed by atoms with Gasteiger partial charge in [-0.3, -0.25) is 4.98 Å². The van der Waals surface area contributed by atoms with Crippen LogP contribution in [0.15, 0.2) is 47.2 Å². The fourth-order valence-corrected chi connectivity index (χ4v) is 2.58. The normalized spacial score (nSPS) is 10.6. The van der Waals surface area contributed by atoms with E-state index < -0.39 is 0 Å². The molecule has 5 heteroatoms. The Morgan fingerprint density at radius 1 is 1.18 bits per heavy atom. The van der Waals surface area contributed by atoms with Crippen LogP contribution < -0.4 is 4.74 Å². The quantitative estimate of drug-likeness (QED) is 0.710. The Hall–Kier alpha value is -1.46. The highest BCUT2D eigenvalue weighted by Crippen LogP contribution is 2.33. The molecule has 0 unspecified atom stereocenters. The van der Waals surface area contributed by atoms with Crippen molar-refractivity contribution < 1.29 is 4.74 Å². The zero-order chi connectivity index (χ0) is 11.7. The number of rotatable bonds is 2. The summed E-state index contributed by atoms with van der Waals surface area (Å²) in [6.07, 6.45) is 3.40. The van der Waals surface area contributed by atoms with Gasteiger partial charge in [0.05, 0.1) is 17.1 Å². The van der Waals surface area contributed by atoms with Crippen molar-refractivity contribution in [2.24, 2.45) is 0 Å². The third kappa shape index (κ3) is 2.16. The molecular weight excluding hydrogens is 300 g/mol. The number of hydrogen-bond donors (Lipinski definition) is 0. The average Bonchev–Trinajstić information content (AvgIpc) is 2.73. The predicted octanol–water partition coefficient (Wildman–Crippen LogP) is 4.25. The van der Waals surface area contributed by atoms with Gasteiger partial charge >= 0.3 is 0 Å². The van der Waals surface area contributed by atoms with Gasteiger partial charge in [0.2, 0.25) is 5.06 Å². The molecule has 84 valence electrons. The SMILES string of the molecule is Brc1cncc(Oc2snc3ccccc23)c1. The summed E-state index contributed by atoms with van der Waals surface area (Å²) in [7, 11) is 0. The molecule has 0 aliphatic rings. The summed E-state index contributed by atoms with van der Waals surface area (Å²) in [4.78, 5) is 4.06. The fourth-order valence-electron chi connectivity index (χ4n) is 1.49. The Kier molecular flexibility index (Phi) is 2.78. The monoisotopic (exact) mass is 306 g/mol. The van der Waals surface area contributed by atoms with Gasteiger partial charge in [0, 0.05) is 22.2 Å². The maximum absolute atomic E-state index is 5.78. The van der Waals surface area contributed by atoms with Gasteiger partial charge in [-0.05, 0) is 34.1 Å². The molecular formula is C12H7BrN2OS. The number of pyridine rings is 1. The molecule has 0 N–H and O–H groups in total. The zero-order valence-corrected chi connectivity index (χ0v) is 11.0. The van der Waals surface area contributed by atoms with E-state index >= 15 is 0 Å². The van der Waals surface area contributed by atoms with Crippen molar-refractivity contribution >= 4 is 38.4 Å². The summed E-state index contributed by atoms with van der Waals surface area (Å²) in [5, 5.41) is 1.82. The third-order valence-electron chi connectivity index (χ3n) is 2.24. The van der Waals surface area contributed by atoms with E-state index in [0.29, 0.717) is 5.75 Å². The molecule has 0 amide bonds. The van der Waals surface area contributed by atoms with Gasteiger partial charge in [-0.2, -0.15) is 4.37 Å². The zero-order valence-electron chi connectivity index (χ0n) is 8.63. The van der Waals surface area contributed by atoms with Gasteiger partial charge in [-0.25, -0.2) is 0 Å². The molecule has 2 aromatic heterocycles. The summed E-state index contributed by atoms with van der Waals surface area (Å²) < 4.78 is 11.0. The first-order valence-corrected chi connectivity index (χ1v) is 6.52. The second-order valence-corrected chi connectivity index (χ2v) is 5.08. The molecule has 0 bridgehead atoms. The predicted molar refractivity (Wildman–Crippen MR) is 71.6 cm³/mol. The van der Waals surface area contributed by atoms with Crippen molar-refractivity contribution in [3.05, 3.63) is 47.2 Å². The summed E-state index contributed by atoms with van der Waals surface area (Å²) in [6, 6.07) is 9.79. The first kappa shape index (κ1) is 10.7. The first-order valence-electron chi connectivity index (χ1n) is 4.96. The summed E-state index contributed by atoms with van der Waals surface area (Å²) in [5.74, 6) is 0.703. The highest BCUT2D eigenvalue weighted by atomic mass is 79.9. The van der Waals surface area contributed by atoms with Gasteiger partial charge in [-0.15, -0.1) is 0 Å². The molecule has 3 rings (SSSR count). The number of ether oxygens (including phenoxy) is 1. The van der Waals surface area contributed by atoms with Crippen molar-refractivity contribution in [2.45, 2.75) is 0 Å². The Morgan fingerprint density at radius 2 is 2.06 bits per heavy atom. The molecule has 1 aromatic carbocycles. The van der Waals surface area contributed by atoms with Crippen molar-refractivity contribution in [3.8, 4) is 10.8 Å². The van der Waals surface area contributed by atoms with Crippen LogP contribution in [0.5, 0.6) is 10.8 Å². The number of hydrogen-bond acceptors (Lipinski definition) is 4. The Bertz CT molecular complexity index is 668. The van der Waals surface area contributed by atoms with E-state index in [-0.39, 0.29) is 0 Å². The van der Waals surface area contributed by atoms with E-state index in [1.807, 2.05) is 30.3 Å². The lowest BCUT2D eigenvalue weighted by Gasteiger charge is -2.02. The minimum atomic E-state index is 0.703. The van der Waals surface area contributed by atoms with Crippen LogP contribution in [0.3, 0.4) is 0 Å². The average molecular weight is 307 g/mol. The molecule has 2 heterocycles. The van der Waals surface area contributed by atoms with Crippen LogP contribution in [0.25, 0.3) is 10.9 Å². The lowest BCUT2D eigenvalue weighted by molar-refractivity contribution is 0.498. The van der Waals surface area contributed by atoms with Crippen molar-refractivity contribution in [1.82, 2.24) is 9.36 Å². The lowest BCUT2D eigenvalue weighted by atomic mass is 10.2. The third-order valence-corrected chi connectivity index (χ3v) is 3.43. The second-order valence-electron chi connectivity index (χ2n) is 3.43. The standard InChI is InChI=1S/C12H7BrN2OS/c13-8-5-9(7-14-6-8)16-12-10-3-1-2-4-11(10)15-17-12/h1-7H. The molecule has 3 nitrogen and oxygen atoms in total. The lowest BCUT2D eigenvalue weighted by Crippen LogP contribution is -1.83. The minimum absolute atomic E-state index is 0.703. The summed E-state index contributed by atoms with van der Waals surface area (Å²) in [6.45, 7) is 0. The molecule has 0 fully saturated rings. The molecule has 0 spiro atoms. The number of fused-ring (bicyclic) bond motifs is 1. The largest absolute Gasteiger partial charge is 0.443 e. The molecule has 0 aliphatic heterocycles. The number of halogens is 1. The Morgan fingerprint density at radius 3 is 2.94 bits per heavy atom. The van der Waals surface area contributed by atoms with Crippen LogP contribution in [-0.2, 0) is 0 Å². The topological polar surface area (TPSA) is 35.0 Å². The maximum Gasteiger partial charge on any atom is 0.208 e. The summed E-state index contributed by atoms with van der Waals surface area (Å²) >= 11 is 4.71. The minimum Gasteiger partial charge on any atom is -0.443 e. The van der Waals surface area contributed by atoms with Crippen molar-refractivity contribution in [3.63, 3.8) is 0 Å². The van der Waals surface area contributed by atoms with E-state index in [1.54, 1.807) is 12.4 Å². The molecule has 0 radical (unpaired) electrons. The van der Waals surface area contributed by atoms with E-state index in [2.05, 4.69) is 25.3 Å². The summed E-state index contributed by atoms with van der Waals surface area (Å²) in [5.41, 5.74) is 0.954.